The standard InChI is InChI=1S/C20H34N6/c1-15-23-19-14-21-8-3-18(19)20(24-15)22-13-16-4-11-26(12-5-16)17-6-9-25(2)10-7-17/h16-17,21H,3-14H2,1-2H3,(H,22,23,24). The summed E-state index contributed by atoms with van der Waals surface area (Å²) in [5.74, 6) is 2.74. The van der Waals surface area contributed by atoms with Crippen LogP contribution in [0.4, 0.5) is 5.82 Å². The van der Waals surface area contributed by atoms with Crippen molar-refractivity contribution in [2.45, 2.75) is 51.6 Å². The highest BCUT2D eigenvalue weighted by Crippen LogP contribution is 2.25. The van der Waals surface area contributed by atoms with Crippen LogP contribution in [0.1, 0.15) is 42.8 Å². The number of anilines is 1. The maximum Gasteiger partial charge on any atom is 0.133 e. The van der Waals surface area contributed by atoms with Crippen LogP contribution in [0.3, 0.4) is 0 Å². The maximum atomic E-state index is 4.70. The van der Waals surface area contributed by atoms with Crippen LogP contribution in [0.5, 0.6) is 0 Å². The minimum absolute atomic E-state index is 0.769. The third kappa shape index (κ3) is 4.18. The predicted octanol–water partition coefficient (Wildman–Crippen LogP) is 1.65. The number of fused-ring (bicyclic) bond motifs is 1. The average Bonchev–Trinajstić information content (AvgIpc) is 2.67. The molecule has 2 fully saturated rings. The van der Waals surface area contributed by atoms with E-state index in [4.69, 9.17) is 4.98 Å². The fourth-order valence-corrected chi connectivity index (χ4v) is 4.75. The maximum absolute atomic E-state index is 4.70. The Balaban J connectivity index is 1.28. The molecule has 0 amide bonds. The molecular weight excluding hydrogens is 324 g/mol. The summed E-state index contributed by atoms with van der Waals surface area (Å²) < 4.78 is 0. The number of hydrogen-bond donors (Lipinski definition) is 2. The van der Waals surface area contributed by atoms with Gasteiger partial charge in [-0.05, 0) is 84.7 Å². The Morgan fingerprint density at radius 2 is 1.85 bits per heavy atom. The van der Waals surface area contributed by atoms with E-state index in [1.165, 1.54) is 63.1 Å². The van der Waals surface area contributed by atoms with Gasteiger partial charge in [0.15, 0.2) is 0 Å². The van der Waals surface area contributed by atoms with Crippen LogP contribution < -0.4 is 10.6 Å². The molecule has 144 valence electrons. The first kappa shape index (κ1) is 18.1. The lowest BCUT2D eigenvalue weighted by atomic mass is 9.93. The monoisotopic (exact) mass is 358 g/mol. The quantitative estimate of drug-likeness (QED) is 0.854. The Kier molecular flexibility index (Phi) is 5.72. The van der Waals surface area contributed by atoms with Crippen LogP contribution in [0.25, 0.3) is 0 Å². The lowest BCUT2D eigenvalue weighted by Crippen LogP contribution is -2.47. The number of likely N-dealkylation sites (tertiary alicyclic amines) is 2. The van der Waals surface area contributed by atoms with Crippen molar-refractivity contribution in [2.24, 2.45) is 5.92 Å². The molecule has 6 heteroatoms. The van der Waals surface area contributed by atoms with E-state index in [1.54, 1.807) is 0 Å². The zero-order valence-corrected chi connectivity index (χ0v) is 16.4. The number of rotatable bonds is 4. The smallest absolute Gasteiger partial charge is 0.133 e. The van der Waals surface area contributed by atoms with Crippen LogP contribution in [-0.4, -0.2) is 72.1 Å². The van der Waals surface area contributed by atoms with E-state index in [9.17, 15) is 0 Å². The molecule has 1 aromatic heterocycles. The van der Waals surface area contributed by atoms with Crippen LogP contribution in [0.15, 0.2) is 0 Å². The van der Waals surface area contributed by atoms with Crippen LogP contribution in [0.2, 0.25) is 0 Å². The van der Waals surface area contributed by atoms with Crippen molar-refractivity contribution in [2.75, 3.05) is 51.6 Å². The van der Waals surface area contributed by atoms with Gasteiger partial charge in [-0.3, -0.25) is 0 Å². The summed E-state index contributed by atoms with van der Waals surface area (Å²) in [5, 5.41) is 7.09. The van der Waals surface area contributed by atoms with Crippen molar-refractivity contribution >= 4 is 5.82 Å². The third-order valence-corrected chi connectivity index (χ3v) is 6.46. The van der Waals surface area contributed by atoms with Crippen molar-refractivity contribution < 1.29 is 0 Å². The summed E-state index contributed by atoms with van der Waals surface area (Å²) in [6, 6.07) is 0.823. The summed E-state index contributed by atoms with van der Waals surface area (Å²) in [6.45, 7) is 10.0. The fraction of sp³-hybridized carbons (Fsp3) is 0.800. The van der Waals surface area contributed by atoms with Gasteiger partial charge in [0, 0.05) is 24.7 Å². The summed E-state index contributed by atoms with van der Waals surface area (Å²) in [5.41, 5.74) is 2.52. The van der Waals surface area contributed by atoms with Crippen LogP contribution >= 0.6 is 0 Å². The molecule has 0 aromatic carbocycles. The van der Waals surface area contributed by atoms with Crippen molar-refractivity contribution in [3.05, 3.63) is 17.1 Å². The molecule has 0 radical (unpaired) electrons. The topological polar surface area (TPSA) is 56.3 Å². The fourth-order valence-electron chi connectivity index (χ4n) is 4.75. The first-order valence-corrected chi connectivity index (χ1v) is 10.4. The van der Waals surface area contributed by atoms with Gasteiger partial charge in [0.05, 0.1) is 5.69 Å². The van der Waals surface area contributed by atoms with Gasteiger partial charge in [-0.2, -0.15) is 0 Å². The second kappa shape index (κ2) is 8.19. The molecule has 2 saturated heterocycles. The number of aryl methyl sites for hydroxylation is 1. The van der Waals surface area contributed by atoms with Crippen molar-refractivity contribution in [3.63, 3.8) is 0 Å². The van der Waals surface area contributed by atoms with Gasteiger partial charge in [0.2, 0.25) is 0 Å². The number of piperidine rings is 2. The van der Waals surface area contributed by atoms with Gasteiger partial charge in [-0.25, -0.2) is 9.97 Å². The summed E-state index contributed by atoms with van der Waals surface area (Å²) >= 11 is 0. The Morgan fingerprint density at radius 1 is 1.08 bits per heavy atom. The average molecular weight is 359 g/mol. The number of hydrogen-bond acceptors (Lipinski definition) is 6. The third-order valence-electron chi connectivity index (χ3n) is 6.46. The molecule has 3 aliphatic heterocycles. The minimum Gasteiger partial charge on any atom is -0.369 e. The molecule has 2 N–H and O–H groups in total. The SMILES string of the molecule is Cc1nc2c(c(NCC3CCN(C4CCN(C)CC4)CC3)n1)CCNC2. The molecule has 4 heterocycles. The van der Waals surface area contributed by atoms with E-state index < -0.39 is 0 Å². The van der Waals surface area contributed by atoms with Gasteiger partial charge in [-0.1, -0.05) is 0 Å². The Bertz CT molecular complexity index is 603. The van der Waals surface area contributed by atoms with E-state index in [-0.39, 0.29) is 0 Å². The van der Waals surface area contributed by atoms with Gasteiger partial charge in [0.1, 0.15) is 11.6 Å². The Labute approximate surface area is 157 Å². The molecule has 3 aliphatic rings. The Morgan fingerprint density at radius 3 is 2.62 bits per heavy atom. The van der Waals surface area contributed by atoms with E-state index in [0.29, 0.717) is 0 Å². The molecule has 0 spiro atoms. The number of aromatic nitrogens is 2. The van der Waals surface area contributed by atoms with Crippen molar-refractivity contribution in [3.8, 4) is 0 Å². The molecule has 0 atom stereocenters. The van der Waals surface area contributed by atoms with E-state index in [0.717, 1.165) is 49.7 Å². The summed E-state index contributed by atoms with van der Waals surface area (Å²) in [4.78, 5) is 14.5. The van der Waals surface area contributed by atoms with Gasteiger partial charge >= 0.3 is 0 Å². The lowest BCUT2D eigenvalue weighted by Gasteiger charge is -2.41. The van der Waals surface area contributed by atoms with Crippen LogP contribution in [0, 0.1) is 12.8 Å². The molecular formula is C20H34N6. The lowest BCUT2D eigenvalue weighted by molar-refractivity contribution is 0.0876. The van der Waals surface area contributed by atoms with Crippen molar-refractivity contribution in [1.82, 2.24) is 25.1 Å². The molecule has 26 heavy (non-hydrogen) atoms. The van der Waals surface area contributed by atoms with E-state index in [1.807, 2.05) is 6.92 Å². The summed E-state index contributed by atoms with van der Waals surface area (Å²) in [6.07, 6.45) is 6.35. The molecule has 0 aliphatic carbocycles. The molecule has 0 bridgehead atoms. The highest BCUT2D eigenvalue weighted by molar-refractivity contribution is 5.47. The molecule has 6 nitrogen and oxygen atoms in total. The zero-order chi connectivity index (χ0) is 17.9. The predicted molar refractivity (Wildman–Crippen MR) is 105 cm³/mol. The highest BCUT2D eigenvalue weighted by atomic mass is 15.2. The normalized spacial score (nSPS) is 23.8. The highest BCUT2D eigenvalue weighted by Gasteiger charge is 2.27. The minimum atomic E-state index is 0.769. The number of nitrogens with zero attached hydrogens (tertiary/aromatic N) is 4. The van der Waals surface area contributed by atoms with E-state index in [2.05, 4.69) is 32.5 Å². The largest absolute Gasteiger partial charge is 0.369 e. The molecule has 0 unspecified atom stereocenters. The second-order valence-corrected chi connectivity index (χ2v) is 8.37. The first-order valence-electron chi connectivity index (χ1n) is 10.4. The van der Waals surface area contributed by atoms with Gasteiger partial charge < -0.3 is 20.4 Å². The van der Waals surface area contributed by atoms with E-state index >= 15 is 0 Å². The van der Waals surface area contributed by atoms with Crippen LogP contribution in [-0.2, 0) is 13.0 Å². The number of nitrogens with one attached hydrogen (secondary N) is 2. The van der Waals surface area contributed by atoms with Gasteiger partial charge in [-0.15, -0.1) is 0 Å². The summed E-state index contributed by atoms with van der Waals surface area (Å²) in [7, 11) is 2.25. The van der Waals surface area contributed by atoms with Crippen molar-refractivity contribution in [1.29, 1.82) is 0 Å². The molecule has 1 aromatic rings. The second-order valence-electron chi connectivity index (χ2n) is 8.37. The molecule has 4 rings (SSSR count). The first-order chi connectivity index (χ1) is 12.7. The van der Waals surface area contributed by atoms with Gasteiger partial charge in [0.25, 0.3) is 0 Å². The zero-order valence-electron chi connectivity index (χ0n) is 16.4. The Hall–Kier alpha value is -1.24. The molecule has 0 saturated carbocycles.